The van der Waals surface area contributed by atoms with Gasteiger partial charge in [-0.15, -0.1) is 0 Å². The van der Waals surface area contributed by atoms with E-state index < -0.39 is 0 Å². The molecule has 1 aliphatic heterocycles. The topological polar surface area (TPSA) is 54.2 Å². The van der Waals surface area contributed by atoms with E-state index in [0.717, 1.165) is 37.6 Å². The number of piperidine rings is 1. The molecule has 2 heterocycles. The summed E-state index contributed by atoms with van der Waals surface area (Å²) in [5.74, 6) is 2.01. The zero-order chi connectivity index (χ0) is 13.1. The molecule has 1 unspecified atom stereocenters. The summed E-state index contributed by atoms with van der Waals surface area (Å²) in [6.07, 6.45) is 2.24. The molecule has 1 N–H and O–H groups in total. The second kappa shape index (κ2) is 5.80. The van der Waals surface area contributed by atoms with Gasteiger partial charge in [0.05, 0.1) is 6.04 Å². The van der Waals surface area contributed by atoms with Crippen molar-refractivity contribution >= 4 is 0 Å². The molecule has 1 aliphatic rings. The van der Waals surface area contributed by atoms with Crippen LogP contribution in [-0.2, 0) is 0 Å². The molecule has 5 heteroatoms. The van der Waals surface area contributed by atoms with Crippen molar-refractivity contribution < 1.29 is 4.52 Å². The summed E-state index contributed by atoms with van der Waals surface area (Å²) in [7, 11) is 1.90. The van der Waals surface area contributed by atoms with Gasteiger partial charge in [-0.1, -0.05) is 5.16 Å². The highest BCUT2D eigenvalue weighted by atomic mass is 16.5. The van der Waals surface area contributed by atoms with Gasteiger partial charge in [0.2, 0.25) is 5.89 Å². The smallest absolute Gasteiger partial charge is 0.229 e. The fourth-order valence-electron chi connectivity index (χ4n) is 2.38. The number of aromatic nitrogens is 2. The Kier molecular flexibility index (Phi) is 4.35. The van der Waals surface area contributed by atoms with Gasteiger partial charge in [0.25, 0.3) is 0 Å². The normalized spacial score (nSPS) is 20.5. The van der Waals surface area contributed by atoms with Crippen LogP contribution in [0.15, 0.2) is 4.52 Å². The first kappa shape index (κ1) is 13.5. The molecule has 0 amide bonds. The van der Waals surface area contributed by atoms with Crippen molar-refractivity contribution in [3.05, 3.63) is 11.7 Å². The van der Waals surface area contributed by atoms with Gasteiger partial charge in [-0.2, -0.15) is 4.98 Å². The Hall–Kier alpha value is -0.940. The minimum absolute atomic E-state index is 0.151. The summed E-state index contributed by atoms with van der Waals surface area (Å²) < 4.78 is 5.40. The molecule has 102 valence electrons. The standard InChI is InChI=1S/C13H24N4O/c1-9(2)17-7-5-11(6-8-17)13-15-12(16-18-13)10(3)14-4/h9-11,14H,5-8H2,1-4H3. The van der Waals surface area contributed by atoms with Crippen molar-refractivity contribution in [1.82, 2.24) is 20.4 Å². The number of rotatable bonds is 4. The minimum atomic E-state index is 0.151. The fraction of sp³-hybridized carbons (Fsp3) is 0.846. The van der Waals surface area contributed by atoms with Gasteiger partial charge in [0, 0.05) is 12.0 Å². The third-order valence-corrected chi connectivity index (χ3v) is 3.89. The number of likely N-dealkylation sites (tertiary alicyclic amines) is 1. The van der Waals surface area contributed by atoms with E-state index >= 15 is 0 Å². The average molecular weight is 252 g/mol. The maximum atomic E-state index is 5.40. The molecule has 0 bridgehead atoms. The first-order valence-electron chi connectivity index (χ1n) is 6.86. The van der Waals surface area contributed by atoms with E-state index in [4.69, 9.17) is 4.52 Å². The van der Waals surface area contributed by atoms with Crippen molar-refractivity contribution in [3.63, 3.8) is 0 Å². The van der Waals surface area contributed by atoms with Crippen LogP contribution in [0.1, 0.15) is 57.3 Å². The number of hydrogen-bond donors (Lipinski definition) is 1. The molecule has 5 nitrogen and oxygen atoms in total. The molecule has 1 atom stereocenters. The van der Waals surface area contributed by atoms with E-state index in [9.17, 15) is 0 Å². The Labute approximate surface area is 109 Å². The lowest BCUT2D eigenvalue weighted by Gasteiger charge is -2.33. The predicted molar refractivity (Wildman–Crippen MR) is 70.5 cm³/mol. The molecule has 1 saturated heterocycles. The molecule has 0 saturated carbocycles. The summed E-state index contributed by atoms with van der Waals surface area (Å²) in [6, 6.07) is 0.784. The molecule has 1 aromatic rings. The van der Waals surface area contributed by atoms with Crippen LogP contribution in [0.2, 0.25) is 0 Å². The maximum absolute atomic E-state index is 5.40. The molecule has 0 radical (unpaired) electrons. The summed E-state index contributed by atoms with van der Waals surface area (Å²) in [5.41, 5.74) is 0. The van der Waals surface area contributed by atoms with Crippen molar-refractivity contribution in [2.45, 2.75) is 51.6 Å². The lowest BCUT2D eigenvalue weighted by molar-refractivity contribution is 0.160. The van der Waals surface area contributed by atoms with Gasteiger partial charge >= 0.3 is 0 Å². The summed E-state index contributed by atoms with van der Waals surface area (Å²) in [5, 5.41) is 7.18. The van der Waals surface area contributed by atoms with Crippen molar-refractivity contribution in [1.29, 1.82) is 0 Å². The minimum Gasteiger partial charge on any atom is -0.339 e. The molecule has 2 rings (SSSR count). The first-order chi connectivity index (χ1) is 8.61. The second-order valence-corrected chi connectivity index (χ2v) is 5.41. The van der Waals surface area contributed by atoms with Crippen molar-refractivity contribution in [2.24, 2.45) is 0 Å². The zero-order valence-electron chi connectivity index (χ0n) is 11.8. The molecule has 0 aliphatic carbocycles. The molecule has 1 fully saturated rings. The third-order valence-electron chi connectivity index (χ3n) is 3.89. The highest BCUT2D eigenvalue weighted by Gasteiger charge is 2.26. The van der Waals surface area contributed by atoms with E-state index in [0.29, 0.717) is 12.0 Å². The van der Waals surface area contributed by atoms with E-state index in [2.05, 4.69) is 34.2 Å². The molecular formula is C13H24N4O. The molecule has 18 heavy (non-hydrogen) atoms. The highest BCUT2D eigenvalue weighted by molar-refractivity contribution is 4.99. The summed E-state index contributed by atoms with van der Waals surface area (Å²) >= 11 is 0. The van der Waals surface area contributed by atoms with Crippen LogP contribution in [0.5, 0.6) is 0 Å². The SMILES string of the molecule is CNC(C)c1noc(C2CCN(C(C)C)CC2)n1. The number of hydrogen-bond acceptors (Lipinski definition) is 5. The monoisotopic (exact) mass is 252 g/mol. The van der Waals surface area contributed by atoms with Gasteiger partial charge in [-0.3, -0.25) is 0 Å². The lowest BCUT2D eigenvalue weighted by atomic mass is 9.96. The second-order valence-electron chi connectivity index (χ2n) is 5.41. The Morgan fingerprint density at radius 1 is 1.28 bits per heavy atom. The molecule has 0 spiro atoms. The van der Waals surface area contributed by atoms with Gasteiger partial charge in [0.1, 0.15) is 0 Å². The van der Waals surface area contributed by atoms with Crippen LogP contribution in [0.3, 0.4) is 0 Å². The van der Waals surface area contributed by atoms with Gasteiger partial charge in [0.15, 0.2) is 5.82 Å². The van der Waals surface area contributed by atoms with Crippen LogP contribution in [-0.4, -0.2) is 41.2 Å². The summed E-state index contributed by atoms with van der Waals surface area (Å²) in [4.78, 5) is 7.02. The maximum Gasteiger partial charge on any atom is 0.229 e. The first-order valence-corrected chi connectivity index (χ1v) is 6.86. The van der Waals surface area contributed by atoms with Crippen LogP contribution < -0.4 is 5.32 Å². The van der Waals surface area contributed by atoms with Gasteiger partial charge in [-0.05, 0) is 53.8 Å². The largest absolute Gasteiger partial charge is 0.339 e. The molecule has 1 aromatic heterocycles. The van der Waals surface area contributed by atoms with Gasteiger partial charge < -0.3 is 14.7 Å². The Balaban J connectivity index is 1.95. The van der Waals surface area contributed by atoms with E-state index in [-0.39, 0.29) is 6.04 Å². The van der Waals surface area contributed by atoms with Crippen LogP contribution >= 0.6 is 0 Å². The van der Waals surface area contributed by atoms with Crippen molar-refractivity contribution in [2.75, 3.05) is 20.1 Å². The predicted octanol–water partition coefficient (Wildman–Crippen LogP) is 1.94. The average Bonchev–Trinajstić information content (AvgIpc) is 2.87. The fourth-order valence-corrected chi connectivity index (χ4v) is 2.38. The Morgan fingerprint density at radius 2 is 1.94 bits per heavy atom. The quantitative estimate of drug-likeness (QED) is 0.887. The zero-order valence-corrected chi connectivity index (χ0v) is 11.8. The van der Waals surface area contributed by atoms with Crippen LogP contribution in [0.4, 0.5) is 0 Å². The van der Waals surface area contributed by atoms with Crippen LogP contribution in [0.25, 0.3) is 0 Å². The third kappa shape index (κ3) is 2.90. The van der Waals surface area contributed by atoms with Crippen molar-refractivity contribution in [3.8, 4) is 0 Å². The van der Waals surface area contributed by atoms with E-state index in [1.54, 1.807) is 0 Å². The molecule has 0 aromatic carbocycles. The number of nitrogens with zero attached hydrogens (tertiary/aromatic N) is 3. The summed E-state index contributed by atoms with van der Waals surface area (Å²) in [6.45, 7) is 8.79. The van der Waals surface area contributed by atoms with E-state index in [1.165, 1.54) is 0 Å². The number of nitrogens with one attached hydrogen (secondary N) is 1. The lowest BCUT2D eigenvalue weighted by Crippen LogP contribution is -2.37. The van der Waals surface area contributed by atoms with Crippen LogP contribution in [0, 0.1) is 0 Å². The Morgan fingerprint density at radius 3 is 2.50 bits per heavy atom. The van der Waals surface area contributed by atoms with Gasteiger partial charge in [-0.25, -0.2) is 0 Å². The highest BCUT2D eigenvalue weighted by Crippen LogP contribution is 2.28. The van der Waals surface area contributed by atoms with E-state index in [1.807, 2.05) is 14.0 Å². The Bertz CT molecular complexity index is 369. The molecular weight excluding hydrogens is 228 g/mol.